The number of hydrogen-bond donors (Lipinski definition) is 0. The molecule has 3 fully saturated rings. The summed E-state index contributed by atoms with van der Waals surface area (Å²) in [5.41, 5.74) is -1.44. The van der Waals surface area contributed by atoms with Crippen molar-refractivity contribution in [2.45, 2.75) is 74.7 Å². The zero-order chi connectivity index (χ0) is 32.9. The van der Waals surface area contributed by atoms with Crippen molar-refractivity contribution in [3.8, 4) is 5.88 Å². The molecular formula is C27H25ClF7N3O6S. The summed E-state index contributed by atoms with van der Waals surface area (Å²) < 4.78 is 124. The van der Waals surface area contributed by atoms with Crippen molar-refractivity contribution in [1.82, 2.24) is 14.4 Å². The number of amides is 1. The van der Waals surface area contributed by atoms with Gasteiger partial charge in [-0.2, -0.15) is 26.3 Å². The normalized spacial score (nSPS) is 18.5. The number of aromatic nitrogens is 1. The van der Waals surface area contributed by atoms with Crippen molar-refractivity contribution in [2.75, 3.05) is 13.1 Å². The number of alkyl halides is 6. The molecule has 0 bridgehead atoms. The number of halogens is 8. The SMILES string of the molecule is O=C(c1cc(C2CC2)cc(CN2CCC(Oc3ncc(C(F)(F)F)cc3Cl)CC2)c1F)N(OC(=O)C(F)(F)F)S(=O)(=O)C1CC1. The van der Waals surface area contributed by atoms with E-state index in [1.165, 1.54) is 6.07 Å². The Labute approximate surface area is 257 Å². The lowest BCUT2D eigenvalue weighted by atomic mass is 9.99. The number of rotatable bonds is 8. The van der Waals surface area contributed by atoms with Crippen LogP contribution in [0.15, 0.2) is 24.4 Å². The van der Waals surface area contributed by atoms with E-state index in [9.17, 15) is 44.3 Å². The highest BCUT2D eigenvalue weighted by molar-refractivity contribution is 7.90. The van der Waals surface area contributed by atoms with Crippen LogP contribution in [0.25, 0.3) is 0 Å². The fourth-order valence-electron chi connectivity index (χ4n) is 4.82. The van der Waals surface area contributed by atoms with Gasteiger partial charge >= 0.3 is 24.2 Å². The molecule has 18 heteroatoms. The van der Waals surface area contributed by atoms with Crippen molar-refractivity contribution in [3.63, 3.8) is 0 Å². The number of ether oxygens (including phenoxy) is 1. The number of carbonyl (C=O) groups is 2. The number of carbonyl (C=O) groups excluding carboxylic acids is 2. The number of hydrogen-bond acceptors (Lipinski definition) is 8. The summed E-state index contributed by atoms with van der Waals surface area (Å²) in [7, 11) is -4.87. The van der Waals surface area contributed by atoms with Crippen LogP contribution in [0.5, 0.6) is 5.88 Å². The van der Waals surface area contributed by atoms with E-state index in [1.54, 1.807) is 4.90 Å². The second-order valence-electron chi connectivity index (χ2n) is 11.1. The average molecular weight is 688 g/mol. The minimum atomic E-state index is -5.62. The number of benzene rings is 1. The number of pyridine rings is 1. The van der Waals surface area contributed by atoms with Crippen LogP contribution < -0.4 is 4.74 Å². The minimum Gasteiger partial charge on any atom is -0.473 e. The van der Waals surface area contributed by atoms with Crippen LogP contribution in [0, 0.1) is 5.82 Å². The van der Waals surface area contributed by atoms with Crippen molar-refractivity contribution in [3.05, 3.63) is 57.5 Å². The Balaban J connectivity index is 1.32. The van der Waals surface area contributed by atoms with Crippen molar-refractivity contribution >= 4 is 33.5 Å². The molecule has 1 amide bonds. The monoisotopic (exact) mass is 687 g/mol. The zero-order valence-electron chi connectivity index (χ0n) is 23.1. The van der Waals surface area contributed by atoms with Gasteiger partial charge in [-0.1, -0.05) is 22.1 Å². The van der Waals surface area contributed by atoms with E-state index in [1.807, 2.05) is 0 Å². The molecule has 1 aromatic carbocycles. The smallest absolute Gasteiger partial charge is 0.473 e. The van der Waals surface area contributed by atoms with E-state index >= 15 is 4.39 Å². The first-order valence-electron chi connectivity index (χ1n) is 13.8. The lowest BCUT2D eigenvalue weighted by Gasteiger charge is -2.32. The van der Waals surface area contributed by atoms with Gasteiger partial charge in [-0.3, -0.25) is 9.69 Å². The van der Waals surface area contributed by atoms with E-state index in [2.05, 4.69) is 9.82 Å². The molecule has 0 spiro atoms. The molecule has 2 aromatic rings. The van der Waals surface area contributed by atoms with Gasteiger partial charge in [-0.25, -0.2) is 22.6 Å². The molecule has 1 aliphatic heterocycles. The van der Waals surface area contributed by atoms with E-state index in [4.69, 9.17) is 16.3 Å². The van der Waals surface area contributed by atoms with E-state index < -0.39 is 67.0 Å². The van der Waals surface area contributed by atoms with Crippen LogP contribution in [0.3, 0.4) is 0 Å². The molecule has 1 aromatic heterocycles. The predicted molar refractivity (Wildman–Crippen MR) is 142 cm³/mol. The maximum Gasteiger partial charge on any atom is 0.493 e. The first kappa shape index (κ1) is 33.2. The molecule has 5 rings (SSSR count). The van der Waals surface area contributed by atoms with Gasteiger partial charge in [-0.05, 0) is 62.1 Å². The van der Waals surface area contributed by atoms with Gasteiger partial charge in [0.2, 0.25) is 5.88 Å². The van der Waals surface area contributed by atoms with Crippen molar-refractivity contribution in [1.29, 1.82) is 0 Å². The van der Waals surface area contributed by atoms with Crippen molar-refractivity contribution in [2.24, 2.45) is 0 Å². The van der Waals surface area contributed by atoms with Crippen LogP contribution in [0.1, 0.15) is 71.5 Å². The third-order valence-electron chi connectivity index (χ3n) is 7.53. The first-order valence-corrected chi connectivity index (χ1v) is 15.6. The molecule has 0 atom stereocenters. The number of nitrogens with zero attached hydrogens (tertiary/aromatic N) is 3. The highest BCUT2D eigenvalue weighted by atomic mass is 35.5. The Hall–Kier alpha value is -3.18. The quantitative estimate of drug-likeness (QED) is 0.255. The Morgan fingerprint density at radius 2 is 1.64 bits per heavy atom. The molecule has 0 radical (unpaired) electrons. The Bertz CT molecular complexity index is 1590. The summed E-state index contributed by atoms with van der Waals surface area (Å²) in [6.07, 6.45) is -8.03. The second kappa shape index (κ2) is 12.2. The van der Waals surface area contributed by atoms with Gasteiger partial charge in [0.1, 0.15) is 16.9 Å². The van der Waals surface area contributed by atoms with Gasteiger partial charge in [0.25, 0.3) is 10.0 Å². The van der Waals surface area contributed by atoms with Crippen LogP contribution in [0.2, 0.25) is 5.02 Å². The molecule has 45 heavy (non-hydrogen) atoms. The van der Waals surface area contributed by atoms with Crippen LogP contribution in [0.4, 0.5) is 30.7 Å². The maximum atomic E-state index is 15.8. The fraction of sp³-hybridized carbons (Fsp3) is 0.519. The Morgan fingerprint density at radius 3 is 2.18 bits per heavy atom. The van der Waals surface area contributed by atoms with Crippen molar-refractivity contribution < 1.29 is 58.3 Å². The third-order valence-corrected chi connectivity index (χ3v) is 9.82. The predicted octanol–water partition coefficient (Wildman–Crippen LogP) is 5.77. The number of hydroxylamine groups is 1. The summed E-state index contributed by atoms with van der Waals surface area (Å²) in [4.78, 5) is 34.3. The number of likely N-dealkylation sites (tertiary alicyclic amines) is 1. The third kappa shape index (κ3) is 7.62. The van der Waals surface area contributed by atoms with Gasteiger partial charge < -0.3 is 9.57 Å². The van der Waals surface area contributed by atoms with Gasteiger partial charge in [0.05, 0.1) is 16.4 Å². The molecule has 2 saturated carbocycles. The summed E-state index contributed by atoms with van der Waals surface area (Å²) in [6, 6.07) is 3.27. The minimum absolute atomic E-state index is 0.0202. The van der Waals surface area contributed by atoms with Crippen LogP contribution in [-0.2, 0) is 32.4 Å². The molecule has 246 valence electrons. The van der Waals surface area contributed by atoms with Gasteiger partial charge in [0, 0.05) is 31.4 Å². The molecule has 2 heterocycles. The van der Waals surface area contributed by atoms with E-state index in [-0.39, 0.29) is 41.8 Å². The summed E-state index contributed by atoms with van der Waals surface area (Å²) in [6.45, 7) is 0.547. The highest BCUT2D eigenvalue weighted by Crippen LogP contribution is 2.42. The highest BCUT2D eigenvalue weighted by Gasteiger charge is 2.50. The molecule has 1 saturated heterocycles. The lowest BCUT2D eigenvalue weighted by Crippen LogP contribution is -2.44. The van der Waals surface area contributed by atoms with Gasteiger partial charge in [0.15, 0.2) is 0 Å². The first-order chi connectivity index (χ1) is 20.9. The number of sulfonamides is 1. The van der Waals surface area contributed by atoms with Gasteiger partial charge in [-0.15, -0.1) is 0 Å². The standard InChI is InChI=1S/C27H25ClF7N3O6S/c28-21-11-17(26(30,31)32)12-36-23(21)43-18-5-7-37(8-6-18)13-16-9-15(14-1-2-14)10-20(22(16)29)24(39)38(44-25(40)27(33,34)35)45(41,42)19-3-4-19/h9-12,14,18-19H,1-8,13H2. The molecule has 3 aliphatic rings. The Kier molecular flexibility index (Phi) is 9.00. The zero-order valence-corrected chi connectivity index (χ0v) is 24.7. The molecule has 2 aliphatic carbocycles. The average Bonchev–Trinajstić information content (AvgIpc) is 3.86. The fourth-order valence-corrected chi connectivity index (χ4v) is 6.53. The van der Waals surface area contributed by atoms with Crippen LogP contribution >= 0.6 is 11.6 Å². The molecule has 9 nitrogen and oxygen atoms in total. The Morgan fingerprint density at radius 1 is 1.00 bits per heavy atom. The van der Waals surface area contributed by atoms with Crippen LogP contribution in [-0.4, -0.2) is 65.3 Å². The van der Waals surface area contributed by atoms with E-state index in [0.717, 1.165) is 6.07 Å². The number of piperidine rings is 1. The van der Waals surface area contributed by atoms with E-state index in [0.29, 0.717) is 56.6 Å². The largest absolute Gasteiger partial charge is 0.493 e. The molecular weight excluding hydrogens is 663 g/mol. The summed E-state index contributed by atoms with van der Waals surface area (Å²) in [5.74, 6) is -6.14. The summed E-state index contributed by atoms with van der Waals surface area (Å²) in [5, 5.41) is -1.57. The molecule has 0 unspecified atom stereocenters. The summed E-state index contributed by atoms with van der Waals surface area (Å²) >= 11 is 5.92. The topological polar surface area (TPSA) is 106 Å². The molecule has 0 N–H and O–H groups in total. The lowest BCUT2D eigenvalue weighted by molar-refractivity contribution is -0.217. The second-order valence-corrected chi connectivity index (χ2v) is 13.5. The maximum absolute atomic E-state index is 15.8.